The molecule has 0 atom stereocenters. The molecule has 3 aromatic carbocycles. The van der Waals surface area contributed by atoms with Gasteiger partial charge in [0.15, 0.2) is 0 Å². The van der Waals surface area contributed by atoms with Gasteiger partial charge < -0.3 is 10.1 Å². The van der Waals surface area contributed by atoms with Crippen LogP contribution < -0.4 is 10.1 Å². The molecule has 7 nitrogen and oxygen atoms in total. The second kappa shape index (κ2) is 9.40. The molecule has 0 bridgehead atoms. The number of amides is 1. The minimum Gasteiger partial charge on any atom is -0.497 e. The largest absolute Gasteiger partial charge is 0.497 e. The van der Waals surface area contributed by atoms with Crippen molar-refractivity contribution in [1.82, 2.24) is 20.2 Å². The van der Waals surface area contributed by atoms with E-state index in [0.29, 0.717) is 22.2 Å². The number of nitrogens with one attached hydrogen (secondary N) is 1. The van der Waals surface area contributed by atoms with E-state index in [-0.39, 0.29) is 11.7 Å². The third-order valence-electron chi connectivity index (χ3n) is 4.44. The zero-order valence-corrected chi connectivity index (χ0v) is 17.3. The van der Waals surface area contributed by atoms with E-state index < -0.39 is 0 Å². The molecule has 0 saturated carbocycles. The van der Waals surface area contributed by atoms with Gasteiger partial charge in [0.1, 0.15) is 11.6 Å². The van der Waals surface area contributed by atoms with Gasteiger partial charge in [0.25, 0.3) is 5.91 Å². The summed E-state index contributed by atoms with van der Waals surface area (Å²) in [5, 5.41) is 15.3. The van der Waals surface area contributed by atoms with Crippen molar-refractivity contribution in [2.24, 2.45) is 0 Å². The molecule has 0 fully saturated rings. The number of thioether (sulfide) groups is 1. The van der Waals surface area contributed by atoms with E-state index >= 15 is 0 Å². The lowest BCUT2D eigenvalue weighted by Gasteiger charge is -2.08. The van der Waals surface area contributed by atoms with Crippen LogP contribution in [0.25, 0.3) is 5.69 Å². The fraction of sp³-hybridized carbons (Fsp3) is 0.0909. The van der Waals surface area contributed by atoms with E-state index in [2.05, 4.69) is 20.8 Å². The van der Waals surface area contributed by atoms with Crippen molar-refractivity contribution in [1.29, 1.82) is 0 Å². The molecule has 0 spiro atoms. The van der Waals surface area contributed by atoms with E-state index in [1.807, 2.05) is 0 Å². The monoisotopic (exact) mass is 435 g/mol. The Labute approximate surface area is 182 Å². The number of benzene rings is 3. The van der Waals surface area contributed by atoms with Crippen LogP contribution in [0.1, 0.15) is 15.9 Å². The smallest absolute Gasteiger partial charge is 0.255 e. The number of tetrazole rings is 1. The standard InChI is InChI=1S/C22H18FN5O2S/c1-30-20-12-8-18(9-13-20)24-21(29)16-4-10-19(11-5-16)28-22(25-26-27-28)31-14-15-2-6-17(23)7-3-15/h2-13H,14H2,1H3,(H,24,29). The molecule has 0 aliphatic heterocycles. The summed E-state index contributed by atoms with van der Waals surface area (Å²) in [4.78, 5) is 12.5. The Morgan fingerprint density at radius 1 is 1.03 bits per heavy atom. The Hall–Kier alpha value is -3.72. The quantitative estimate of drug-likeness (QED) is 0.435. The SMILES string of the molecule is COc1ccc(NC(=O)c2ccc(-n3nnnc3SCc3ccc(F)cc3)cc2)cc1. The van der Waals surface area contributed by atoms with Crippen LogP contribution in [0.3, 0.4) is 0 Å². The van der Waals surface area contributed by atoms with Gasteiger partial charge in [0.05, 0.1) is 12.8 Å². The van der Waals surface area contributed by atoms with Crippen LogP contribution >= 0.6 is 11.8 Å². The maximum atomic E-state index is 13.1. The molecule has 1 N–H and O–H groups in total. The van der Waals surface area contributed by atoms with Crippen LogP contribution in [-0.2, 0) is 5.75 Å². The van der Waals surface area contributed by atoms with Gasteiger partial charge in [-0.25, -0.2) is 4.39 Å². The van der Waals surface area contributed by atoms with Crippen LogP contribution in [0.2, 0.25) is 0 Å². The van der Waals surface area contributed by atoms with Crippen molar-refractivity contribution < 1.29 is 13.9 Å². The molecule has 9 heteroatoms. The van der Waals surface area contributed by atoms with Gasteiger partial charge in [-0.3, -0.25) is 4.79 Å². The fourth-order valence-corrected chi connectivity index (χ4v) is 3.64. The lowest BCUT2D eigenvalue weighted by atomic mass is 10.2. The number of nitrogens with zero attached hydrogens (tertiary/aromatic N) is 4. The highest BCUT2D eigenvalue weighted by Gasteiger charge is 2.11. The first-order chi connectivity index (χ1) is 15.1. The van der Waals surface area contributed by atoms with Crippen LogP contribution in [0.15, 0.2) is 78.0 Å². The summed E-state index contributed by atoms with van der Waals surface area (Å²) in [5.41, 5.74) is 2.88. The van der Waals surface area contributed by atoms with E-state index in [1.165, 1.54) is 23.9 Å². The fourth-order valence-electron chi connectivity index (χ4n) is 2.79. The molecular weight excluding hydrogens is 417 g/mol. The first-order valence-corrected chi connectivity index (χ1v) is 10.3. The van der Waals surface area contributed by atoms with Crippen molar-refractivity contribution in [2.45, 2.75) is 10.9 Å². The third kappa shape index (κ3) is 5.07. The molecule has 1 heterocycles. The van der Waals surface area contributed by atoms with Gasteiger partial charge in [0, 0.05) is 17.0 Å². The topological polar surface area (TPSA) is 81.9 Å². The summed E-state index contributed by atoms with van der Waals surface area (Å²) in [7, 11) is 1.59. The van der Waals surface area contributed by atoms with Crippen molar-refractivity contribution in [3.05, 3.63) is 89.7 Å². The third-order valence-corrected chi connectivity index (χ3v) is 5.43. The first kappa shape index (κ1) is 20.5. The van der Waals surface area contributed by atoms with Crippen LogP contribution in [0.5, 0.6) is 5.75 Å². The maximum absolute atomic E-state index is 13.1. The molecule has 1 amide bonds. The average molecular weight is 435 g/mol. The van der Waals surface area contributed by atoms with Gasteiger partial charge in [-0.05, 0) is 76.7 Å². The van der Waals surface area contributed by atoms with E-state index in [9.17, 15) is 9.18 Å². The van der Waals surface area contributed by atoms with Gasteiger partial charge in [-0.15, -0.1) is 5.10 Å². The average Bonchev–Trinajstić information content (AvgIpc) is 3.28. The molecule has 4 rings (SSSR count). The number of aromatic nitrogens is 4. The molecule has 0 radical (unpaired) electrons. The van der Waals surface area contributed by atoms with Gasteiger partial charge >= 0.3 is 0 Å². The molecule has 31 heavy (non-hydrogen) atoms. The normalized spacial score (nSPS) is 10.6. The highest BCUT2D eigenvalue weighted by Crippen LogP contribution is 2.23. The number of ether oxygens (including phenoxy) is 1. The Bertz CT molecular complexity index is 1160. The maximum Gasteiger partial charge on any atom is 0.255 e. The van der Waals surface area contributed by atoms with Crippen LogP contribution in [0.4, 0.5) is 10.1 Å². The molecular formula is C22H18FN5O2S. The molecule has 0 saturated heterocycles. The number of anilines is 1. The predicted octanol–water partition coefficient (Wildman–Crippen LogP) is 4.35. The second-order valence-electron chi connectivity index (χ2n) is 6.52. The summed E-state index contributed by atoms with van der Waals surface area (Å²) in [6.07, 6.45) is 0. The predicted molar refractivity (Wildman–Crippen MR) is 116 cm³/mol. The Morgan fingerprint density at radius 3 is 2.42 bits per heavy atom. The number of hydrogen-bond acceptors (Lipinski definition) is 6. The summed E-state index contributed by atoms with van der Waals surface area (Å²) in [5.74, 6) is 0.828. The summed E-state index contributed by atoms with van der Waals surface area (Å²) < 4.78 is 19.8. The van der Waals surface area contributed by atoms with Gasteiger partial charge in [-0.2, -0.15) is 4.68 Å². The number of halogens is 1. The summed E-state index contributed by atoms with van der Waals surface area (Å²) in [6.45, 7) is 0. The molecule has 0 aliphatic rings. The van der Waals surface area contributed by atoms with E-state index in [1.54, 1.807) is 72.5 Å². The lowest BCUT2D eigenvalue weighted by Crippen LogP contribution is -2.12. The van der Waals surface area contributed by atoms with Gasteiger partial charge in [-0.1, -0.05) is 23.9 Å². The summed E-state index contributed by atoms with van der Waals surface area (Å²) in [6, 6.07) is 20.4. The van der Waals surface area contributed by atoms with E-state index in [0.717, 1.165) is 17.0 Å². The molecule has 1 aromatic heterocycles. The van der Waals surface area contributed by atoms with Gasteiger partial charge in [0.2, 0.25) is 5.16 Å². The minimum atomic E-state index is -0.269. The second-order valence-corrected chi connectivity index (χ2v) is 7.46. The Kier molecular flexibility index (Phi) is 6.23. The van der Waals surface area contributed by atoms with Crippen molar-refractivity contribution in [3.63, 3.8) is 0 Å². The zero-order valence-electron chi connectivity index (χ0n) is 16.5. The first-order valence-electron chi connectivity index (χ1n) is 9.34. The summed E-state index contributed by atoms with van der Waals surface area (Å²) >= 11 is 1.44. The van der Waals surface area contributed by atoms with Crippen molar-refractivity contribution in [3.8, 4) is 11.4 Å². The Morgan fingerprint density at radius 2 is 1.74 bits per heavy atom. The molecule has 0 unspecified atom stereocenters. The van der Waals surface area contributed by atoms with Crippen LogP contribution in [0, 0.1) is 5.82 Å². The number of carbonyl (C=O) groups excluding carboxylic acids is 1. The minimum absolute atomic E-state index is 0.223. The number of hydrogen-bond donors (Lipinski definition) is 1. The van der Waals surface area contributed by atoms with Crippen molar-refractivity contribution >= 4 is 23.4 Å². The highest BCUT2D eigenvalue weighted by molar-refractivity contribution is 7.98. The van der Waals surface area contributed by atoms with Crippen molar-refractivity contribution in [2.75, 3.05) is 12.4 Å². The Balaban J connectivity index is 1.42. The highest BCUT2D eigenvalue weighted by atomic mass is 32.2. The van der Waals surface area contributed by atoms with Crippen LogP contribution in [-0.4, -0.2) is 33.2 Å². The number of rotatable bonds is 7. The number of carbonyl (C=O) groups is 1. The number of methoxy groups -OCH3 is 1. The molecule has 4 aromatic rings. The molecule has 156 valence electrons. The molecule has 0 aliphatic carbocycles. The zero-order chi connectivity index (χ0) is 21.6. The lowest BCUT2D eigenvalue weighted by molar-refractivity contribution is 0.102. The van der Waals surface area contributed by atoms with E-state index in [4.69, 9.17) is 4.74 Å².